The van der Waals surface area contributed by atoms with Gasteiger partial charge in [0, 0.05) is 24.0 Å². The van der Waals surface area contributed by atoms with Gasteiger partial charge in [-0.2, -0.15) is 0 Å². The van der Waals surface area contributed by atoms with E-state index < -0.39 is 0 Å². The Labute approximate surface area is 130 Å². The molecule has 1 aromatic heterocycles. The molecular weight excluding hydrogens is 278 g/mol. The fourth-order valence-electron chi connectivity index (χ4n) is 2.00. The van der Waals surface area contributed by atoms with E-state index in [4.69, 9.17) is 10.5 Å². The van der Waals surface area contributed by atoms with E-state index in [1.807, 2.05) is 26.0 Å². The Bertz CT molecular complexity index is 626. The lowest BCUT2D eigenvalue weighted by atomic mass is 10.1. The second-order valence-corrected chi connectivity index (χ2v) is 5.09. The van der Waals surface area contributed by atoms with Crippen LogP contribution in [0.4, 0.5) is 0 Å². The van der Waals surface area contributed by atoms with Crippen molar-refractivity contribution in [1.29, 1.82) is 0 Å². The van der Waals surface area contributed by atoms with E-state index in [-0.39, 0.29) is 11.9 Å². The Morgan fingerprint density at radius 1 is 1.36 bits per heavy atom. The average Bonchev–Trinajstić information content (AvgIpc) is 2.53. The molecule has 2 aromatic rings. The molecule has 2 rings (SSSR count). The van der Waals surface area contributed by atoms with Crippen molar-refractivity contribution in [2.24, 2.45) is 5.73 Å². The highest BCUT2D eigenvalue weighted by atomic mass is 16.5. The van der Waals surface area contributed by atoms with Crippen LogP contribution >= 0.6 is 0 Å². The van der Waals surface area contributed by atoms with Crippen molar-refractivity contribution >= 4 is 5.91 Å². The number of carbonyl (C=O) groups is 1. The lowest BCUT2D eigenvalue weighted by Crippen LogP contribution is -2.26. The number of nitrogens with one attached hydrogen (secondary N) is 1. The summed E-state index contributed by atoms with van der Waals surface area (Å²) in [4.78, 5) is 16.6. The van der Waals surface area contributed by atoms with Gasteiger partial charge in [-0.1, -0.05) is 12.1 Å². The van der Waals surface area contributed by atoms with Gasteiger partial charge in [0.15, 0.2) is 0 Å². The number of hydrogen-bond donors (Lipinski definition) is 2. The number of ether oxygens (including phenoxy) is 1. The molecule has 1 atom stereocenters. The molecule has 0 saturated carbocycles. The molecule has 1 heterocycles. The molecule has 116 valence electrons. The van der Waals surface area contributed by atoms with Crippen LogP contribution in [0.1, 0.15) is 34.6 Å². The van der Waals surface area contributed by atoms with Gasteiger partial charge in [0.05, 0.1) is 6.04 Å². The largest absolute Gasteiger partial charge is 0.492 e. The number of nitrogens with two attached hydrogens (primary N) is 1. The van der Waals surface area contributed by atoms with Crippen molar-refractivity contribution < 1.29 is 9.53 Å². The number of aryl methyl sites for hydroxylation is 1. The first kappa shape index (κ1) is 16.0. The highest BCUT2D eigenvalue weighted by Gasteiger charge is 2.12. The maximum atomic E-state index is 12.3. The van der Waals surface area contributed by atoms with Gasteiger partial charge in [0.2, 0.25) is 0 Å². The third-order valence-corrected chi connectivity index (χ3v) is 3.26. The molecule has 0 saturated heterocycles. The summed E-state index contributed by atoms with van der Waals surface area (Å²) in [7, 11) is 0. The van der Waals surface area contributed by atoms with Crippen LogP contribution in [0.3, 0.4) is 0 Å². The van der Waals surface area contributed by atoms with Crippen LogP contribution in [-0.4, -0.2) is 24.0 Å². The summed E-state index contributed by atoms with van der Waals surface area (Å²) >= 11 is 0. The standard InChI is InChI=1S/C17H21N3O2/c1-12-6-7-15(11-19-12)13(2)20-17(21)14-4-3-5-16(10-14)22-9-8-18/h3-7,10-11,13H,8-9,18H2,1-2H3,(H,20,21). The average molecular weight is 299 g/mol. The van der Waals surface area contributed by atoms with Crippen molar-refractivity contribution in [3.05, 3.63) is 59.4 Å². The molecule has 1 amide bonds. The Morgan fingerprint density at radius 2 is 2.18 bits per heavy atom. The SMILES string of the molecule is Cc1ccc(C(C)NC(=O)c2cccc(OCCN)c2)cn1. The number of amides is 1. The predicted molar refractivity (Wildman–Crippen MR) is 85.8 cm³/mol. The first-order valence-corrected chi connectivity index (χ1v) is 7.26. The number of carbonyl (C=O) groups excluding carboxylic acids is 1. The van der Waals surface area contributed by atoms with Crippen LogP contribution in [-0.2, 0) is 0 Å². The van der Waals surface area contributed by atoms with Gasteiger partial charge in [0.1, 0.15) is 12.4 Å². The van der Waals surface area contributed by atoms with Crippen LogP contribution in [0, 0.1) is 6.92 Å². The van der Waals surface area contributed by atoms with Crippen LogP contribution in [0.5, 0.6) is 5.75 Å². The molecule has 0 aliphatic rings. The Kier molecular flexibility index (Phi) is 5.49. The molecule has 22 heavy (non-hydrogen) atoms. The van der Waals surface area contributed by atoms with Crippen LogP contribution < -0.4 is 15.8 Å². The van der Waals surface area contributed by atoms with Gasteiger partial charge in [0.25, 0.3) is 5.91 Å². The zero-order chi connectivity index (χ0) is 15.9. The Balaban J connectivity index is 2.03. The van der Waals surface area contributed by atoms with Crippen LogP contribution in [0.2, 0.25) is 0 Å². The van der Waals surface area contributed by atoms with Gasteiger partial charge < -0.3 is 15.8 Å². The molecular formula is C17H21N3O2. The summed E-state index contributed by atoms with van der Waals surface area (Å²) in [6, 6.07) is 10.8. The zero-order valence-corrected chi connectivity index (χ0v) is 12.9. The van der Waals surface area contributed by atoms with Gasteiger partial charge >= 0.3 is 0 Å². The van der Waals surface area contributed by atoms with Crippen LogP contribution in [0.25, 0.3) is 0 Å². The first-order chi connectivity index (χ1) is 10.6. The molecule has 0 fully saturated rings. The summed E-state index contributed by atoms with van der Waals surface area (Å²) in [5.74, 6) is 0.494. The number of aromatic nitrogens is 1. The van der Waals surface area contributed by atoms with Crippen molar-refractivity contribution in [2.75, 3.05) is 13.2 Å². The first-order valence-electron chi connectivity index (χ1n) is 7.26. The second-order valence-electron chi connectivity index (χ2n) is 5.09. The smallest absolute Gasteiger partial charge is 0.251 e. The monoisotopic (exact) mass is 299 g/mol. The fourth-order valence-corrected chi connectivity index (χ4v) is 2.00. The van der Waals surface area contributed by atoms with E-state index in [0.29, 0.717) is 24.5 Å². The number of hydrogen-bond acceptors (Lipinski definition) is 4. The number of benzene rings is 1. The van der Waals surface area contributed by atoms with Crippen molar-refractivity contribution in [1.82, 2.24) is 10.3 Å². The molecule has 1 aromatic carbocycles. The summed E-state index contributed by atoms with van der Waals surface area (Å²) < 4.78 is 5.43. The molecule has 0 aliphatic carbocycles. The minimum Gasteiger partial charge on any atom is -0.492 e. The normalized spacial score (nSPS) is 11.8. The molecule has 3 N–H and O–H groups in total. The maximum Gasteiger partial charge on any atom is 0.251 e. The quantitative estimate of drug-likeness (QED) is 0.857. The highest BCUT2D eigenvalue weighted by Crippen LogP contribution is 2.16. The van der Waals surface area contributed by atoms with E-state index in [1.165, 1.54) is 0 Å². The summed E-state index contributed by atoms with van der Waals surface area (Å²) in [6.45, 7) is 4.73. The lowest BCUT2D eigenvalue weighted by Gasteiger charge is -2.14. The summed E-state index contributed by atoms with van der Waals surface area (Å²) in [5, 5.41) is 2.96. The predicted octanol–water partition coefficient (Wildman–Crippen LogP) is 2.22. The van der Waals surface area contributed by atoms with E-state index in [9.17, 15) is 4.79 Å². The topological polar surface area (TPSA) is 77.2 Å². The zero-order valence-electron chi connectivity index (χ0n) is 12.9. The molecule has 0 spiro atoms. The summed E-state index contributed by atoms with van der Waals surface area (Å²) in [6.07, 6.45) is 1.78. The van der Waals surface area contributed by atoms with Gasteiger partial charge in [-0.15, -0.1) is 0 Å². The minimum absolute atomic E-state index is 0.116. The van der Waals surface area contributed by atoms with Gasteiger partial charge in [-0.25, -0.2) is 0 Å². The van der Waals surface area contributed by atoms with E-state index >= 15 is 0 Å². The van der Waals surface area contributed by atoms with Crippen molar-refractivity contribution in [3.8, 4) is 5.75 Å². The Morgan fingerprint density at radius 3 is 2.86 bits per heavy atom. The Hall–Kier alpha value is -2.40. The van der Waals surface area contributed by atoms with E-state index in [0.717, 1.165) is 11.3 Å². The molecule has 0 bridgehead atoms. The molecule has 5 heteroatoms. The third-order valence-electron chi connectivity index (χ3n) is 3.26. The number of nitrogens with zero attached hydrogens (tertiary/aromatic N) is 1. The van der Waals surface area contributed by atoms with Crippen LogP contribution in [0.15, 0.2) is 42.6 Å². The molecule has 1 unspecified atom stereocenters. The van der Waals surface area contributed by atoms with Crippen molar-refractivity contribution in [3.63, 3.8) is 0 Å². The van der Waals surface area contributed by atoms with Gasteiger partial charge in [-0.05, 0) is 43.7 Å². The number of rotatable bonds is 6. The van der Waals surface area contributed by atoms with Gasteiger partial charge in [-0.3, -0.25) is 9.78 Å². The minimum atomic E-state index is -0.147. The van der Waals surface area contributed by atoms with Crippen molar-refractivity contribution in [2.45, 2.75) is 19.9 Å². The summed E-state index contributed by atoms with van der Waals surface area (Å²) in [5.41, 5.74) is 7.88. The second kappa shape index (κ2) is 7.56. The molecule has 5 nitrogen and oxygen atoms in total. The lowest BCUT2D eigenvalue weighted by molar-refractivity contribution is 0.0939. The molecule has 0 aliphatic heterocycles. The molecule has 0 radical (unpaired) electrons. The highest BCUT2D eigenvalue weighted by molar-refractivity contribution is 5.94. The van der Waals surface area contributed by atoms with E-state index in [1.54, 1.807) is 30.5 Å². The maximum absolute atomic E-state index is 12.3. The number of pyridine rings is 1. The third kappa shape index (κ3) is 4.30. The fraction of sp³-hybridized carbons (Fsp3) is 0.294. The van der Waals surface area contributed by atoms with E-state index in [2.05, 4.69) is 10.3 Å².